The van der Waals surface area contributed by atoms with Gasteiger partial charge in [0.05, 0.1) is 26.2 Å². The van der Waals surface area contributed by atoms with Crippen LogP contribution < -0.4 is 10.6 Å². The molecule has 2 aromatic carbocycles. The third-order valence-corrected chi connectivity index (χ3v) is 6.06. The summed E-state index contributed by atoms with van der Waals surface area (Å²) in [5, 5.41) is 17.7. The van der Waals surface area contributed by atoms with Gasteiger partial charge in [0.1, 0.15) is 5.66 Å². The molecule has 1 fully saturated rings. The smallest absolute Gasteiger partial charge is 0.270 e. The van der Waals surface area contributed by atoms with Crippen molar-refractivity contribution in [2.24, 2.45) is 0 Å². The minimum Gasteiger partial charge on any atom is -0.362 e. The van der Waals surface area contributed by atoms with Gasteiger partial charge in [-0.15, -0.1) is 0 Å². The first-order valence-corrected chi connectivity index (χ1v) is 9.68. The third kappa shape index (κ3) is 3.49. The van der Waals surface area contributed by atoms with Crippen LogP contribution in [0.3, 0.4) is 0 Å². The monoisotopic (exact) mass is 434 g/mol. The highest BCUT2D eigenvalue weighted by Gasteiger charge is 2.42. The number of likely N-dealkylation sites (tertiary alicyclic amines) is 1. The fraction of sp³-hybridized carbons (Fsp3) is 0.263. The highest BCUT2D eigenvalue weighted by molar-refractivity contribution is 6.44. The molecule has 29 heavy (non-hydrogen) atoms. The van der Waals surface area contributed by atoms with E-state index in [4.69, 9.17) is 23.2 Å². The number of hydrogen-bond acceptors (Lipinski definition) is 5. The summed E-state index contributed by atoms with van der Waals surface area (Å²) in [7, 11) is 0. The Morgan fingerprint density at radius 3 is 2.55 bits per heavy atom. The highest BCUT2D eigenvalue weighted by Crippen LogP contribution is 2.38. The van der Waals surface area contributed by atoms with Gasteiger partial charge >= 0.3 is 0 Å². The van der Waals surface area contributed by atoms with Crippen LogP contribution in [-0.4, -0.2) is 40.4 Å². The zero-order valence-corrected chi connectivity index (χ0v) is 16.6. The van der Waals surface area contributed by atoms with Crippen molar-refractivity contribution in [3.63, 3.8) is 0 Å². The van der Waals surface area contributed by atoms with E-state index in [2.05, 4.69) is 10.6 Å². The maximum Gasteiger partial charge on any atom is 0.270 e. The molecule has 150 valence electrons. The zero-order chi connectivity index (χ0) is 20.8. The lowest BCUT2D eigenvalue weighted by atomic mass is 9.92. The summed E-state index contributed by atoms with van der Waals surface area (Å²) in [5.41, 5.74) is 0.350. The first-order valence-electron chi connectivity index (χ1n) is 8.92. The number of carbonyl (C=O) groups is 2. The summed E-state index contributed by atoms with van der Waals surface area (Å²) in [6.45, 7) is 0.761. The van der Waals surface area contributed by atoms with Crippen molar-refractivity contribution in [2.45, 2.75) is 18.5 Å². The Morgan fingerprint density at radius 1 is 1.14 bits per heavy atom. The molecular formula is C19H16Cl2N4O4. The average Bonchev–Trinajstić information content (AvgIpc) is 2.70. The van der Waals surface area contributed by atoms with Crippen molar-refractivity contribution in [1.82, 2.24) is 10.2 Å². The number of amides is 2. The first kappa shape index (κ1) is 19.5. The van der Waals surface area contributed by atoms with Crippen molar-refractivity contribution >= 4 is 46.4 Å². The summed E-state index contributed by atoms with van der Waals surface area (Å²) in [6.07, 6.45) is 0.943. The van der Waals surface area contributed by atoms with E-state index in [1.165, 1.54) is 18.2 Å². The number of nitrogens with one attached hydrogen (secondary N) is 2. The van der Waals surface area contributed by atoms with Crippen molar-refractivity contribution in [3.05, 3.63) is 67.7 Å². The molecule has 2 heterocycles. The molecule has 1 saturated heterocycles. The number of carbonyl (C=O) groups excluding carboxylic acids is 2. The molecule has 0 saturated carbocycles. The van der Waals surface area contributed by atoms with Crippen LogP contribution in [0.25, 0.3) is 0 Å². The van der Waals surface area contributed by atoms with Crippen LogP contribution in [0, 0.1) is 10.1 Å². The van der Waals surface area contributed by atoms with E-state index in [0.717, 1.165) is 0 Å². The highest BCUT2D eigenvalue weighted by atomic mass is 35.5. The number of nitro benzene ring substituents is 1. The molecule has 4 rings (SSSR count). The van der Waals surface area contributed by atoms with Crippen LogP contribution in [0.1, 0.15) is 33.6 Å². The molecule has 0 aliphatic carbocycles. The fourth-order valence-electron chi connectivity index (χ4n) is 3.72. The zero-order valence-electron chi connectivity index (χ0n) is 15.1. The summed E-state index contributed by atoms with van der Waals surface area (Å²) < 4.78 is 0. The molecule has 1 spiro atoms. The van der Waals surface area contributed by atoms with E-state index in [9.17, 15) is 19.7 Å². The normalized spacial score (nSPS) is 17.3. The number of non-ortho nitro benzene ring substituents is 1. The maximum atomic E-state index is 12.8. The van der Waals surface area contributed by atoms with Gasteiger partial charge < -0.3 is 15.5 Å². The van der Waals surface area contributed by atoms with Gasteiger partial charge in [-0.2, -0.15) is 0 Å². The number of halogens is 2. The molecular weight excluding hydrogens is 419 g/mol. The lowest BCUT2D eigenvalue weighted by Gasteiger charge is -2.46. The van der Waals surface area contributed by atoms with E-state index >= 15 is 0 Å². The summed E-state index contributed by atoms with van der Waals surface area (Å²) in [6, 6.07) is 9.01. The van der Waals surface area contributed by atoms with Crippen molar-refractivity contribution in [3.8, 4) is 0 Å². The van der Waals surface area contributed by atoms with E-state index in [1.807, 2.05) is 0 Å². The van der Waals surface area contributed by atoms with Gasteiger partial charge in [0.2, 0.25) is 0 Å². The second-order valence-electron chi connectivity index (χ2n) is 7.04. The standard InChI is InChI=1S/C19H16Cl2N4O4/c20-13-4-5-14-15(16(13)21)17(26)23-19(22-14)6-8-24(9-7-19)18(27)11-2-1-3-12(10-11)25(28)29/h1-5,10,22H,6-9H2,(H,23,26). The molecule has 2 aromatic rings. The van der Waals surface area contributed by atoms with Crippen LogP contribution in [0.4, 0.5) is 11.4 Å². The largest absolute Gasteiger partial charge is 0.362 e. The second-order valence-corrected chi connectivity index (χ2v) is 7.83. The van der Waals surface area contributed by atoms with Crippen molar-refractivity contribution in [2.75, 3.05) is 18.4 Å². The van der Waals surface area contributed by atoms with E-state index in [1.54, 1.807) is 23.1 Å². The molecule has 8 nitrogen and oxygen atoms in total. The number of nitrogens with zero attached hydrogens (tertiary/aromatic N) is 2. The van der Waals surface area contributed by atoms with Crippen LogP contribution in [0.5, 0.6) is 0 Å². The third-order valence-electron chi connectivity index (χ3n) is 5.26. The molecule has 2 aliphatic rings. The topological polar surface area (TPSA) is 105 Å². The minimum atomic E-state index is -0.694. The van der Waals surface area contributed by atoms with Gasteiger partial charge in [0, 0.05) is 43.6 Å². The second kappa shape index (κ2) is 7.20. The fourth-order valence-corrected chi connectivity index (χ4v) is 4.13. The number of rotatable bonds is 2. The molecule has 0 radical (unpaired) electrons. The van der Waals surface area contributed by atoms with Gasteiger partial charge in [-0.1, -0.05) is 29.3 Å². The van der Waals surface area contributed by atoms with E-state index in [-0.39, 0.29) is 28.1 Å². The summed E-state index contributed by atoms with van der Waals surface area (Å²) in [4.78, 5) is 37.4. The quantitative estimate of drug-likeness (QED) is 0.553. The van der Waals surface area contributed by atoms with Gasteiger partial charge in [-0.3, -0.25) is 19.7 Å². The Bertz CT molecular complexity index is 1030. The van der Waals surface area contributed by atoms with Crippen LogP contribution in [0.2, 0.25) is 10.0 Å². The Morgan fingerprint density at radius 2 is 1.86 bits per heavy atom. The number of anilines is 1. The molecule has 2 amide bonds. The Kier molecular flexibility index (Phi) is 4.84. The molecule has 0 bridgehead atoms. The van der Waals surface area contributed by atoms with Crippen LogP contribution >= 0.6 is 23.2 Å². The maximum absolute atomic E-state index is 12.8. The van der Waals surface area contributed by atoms with Gasteiger partial charge in [0.15, 0.2) is 0 Å². The molecule has 0 atom stereocenters. The number of benzene rings is 2. The molecule has 10 heteroatoms. The Labute approximate surface area is 175 Å². The average molecular weight is 435 g/mol. The predicted octanol–water partition coefficient (Wildman–Crippen LogP) is 3.69. The van der Waals surface area contributed by atoms with E-state index in [0.29, 0.717) is 42.2 Å². The minimum absolute atomic E-state index is 0.127. The van der Waals surface area contributed by atoms with E-state index < -0.39 is 10.6 Å². The SMILES string of the molecule is O=C1NC2(CCN(C(=O)c3cccc([N+](=O)[O-])c3)CC2)Nc2ccc(Cl)c(Cl)c21. The number of nitro groups is 1. The first-order chi connectivity index (χ1) is 13.8. The van der Waals surface area contributed by atoms with Gasteiger partial charge in [0.25, 0.3) is 17.5 Å². The molecule has 0 aromatic heterocycles. The Balaban J connectivity index is 1.50. The lowest BCUT2D eigenvalue weighted by Crippen LogP contribution is -2.62. The predicted molar refractivity (Wildman–Crippen MR) is 109 cm³/mol. The molecule has 2 aliphatic heterocycles. The number of piperidine rings is 1. The van der Waals surface area contributed by atoms with Crippen molar-refractivity contribution in [1.29, 1.82) is 0 Å². The number of hydrogen-bond donors (Lipinski definition) is 2. The lowest BCUT2D eigenvalue weighted by molar-refractivity contribution is -0.384. The van der Waals surface area contributed by atoms with Crippen LogP contribution in [-0.2, 0) is 0 Å². The van der Waals surface area contributed by atoms with Gasteiger partial charge in [-0.25, -0.2) is 0 Å². The molecule has 0 unspecified atom stereocenters. The van der Waals surface area contributed by atoms with Gasteiger partial charge in [-0.05, 0) is 18.2 Å². The van der Waals surface area contributed by atoms with Crippen molar-refractivity contribution < 1.29 is 14.5 Å². The summed E-state index contributed by atoms with van der Waals surface area (Å²) in [5.74, 6) is -0.592. The summed E-state index contributed by atoms with van der Waals surface area (Å²) >= 11 is 12.2. The Hall–Kier alpha value is -2.84. The van der Waals surface area contributed by atoms with Crippen LogP contribution in [0.15, 0.2) is 36.4 Å². The molecule has 2 N–H and O–H groups in total. The number of fused-ring (bicyclic) bond motifs is 1.